The summed E-state index contributed by atoms with van der Waals surface area (Å²) in [4.78, 5) is 4.29. The quantitative estimate of drug-likeness (QED) is 0.805. The number of nitrogens with one attached hydrogen (secondary N) is 1. The van der Waals surface area contributed by atoms with E-state index in [9.17, 15) is 0 Å². The highest BCUT2D eigenvalue weighted by Crippen LogP contribution is 2.28. The molecule has 104 valence electrons. The number of nitrogens with zero attached hydrogens (tertiary/aromatic N) is 2. The average Bonchev–Trinajstić information content (AvgIpc) is 2.64. The van der Waals surface area contributed by atoms with Gasteiger partial charge in [0.25, 0.3) is 0 Å². The van der Waals surface area contributed by atoms with Crippen molar-refractivity contribution >= 4 is 0 Å². The molecule has 0 aliphatic heterocycles. The van der Waals surface area contributed by atoms with Crippen LogP contribution in [0.25, 0.3) is 0 Å². The topological polar surface area (TPSA) is 29.9 Å². The Hall–Kier alpha value is -0.830. The van der Waals surface area contributed by atoms with E-state index in [0.717, 1.165) is 19.6 Å². The van der Waals surface area contributed by atoms with Crippen molar-refractivity contribution in [3.05, 3.63) is 18.2 Å². The lowest BCUT2D eigenvalue weighted by Gasteiger charge is -2.30. The zero-order valence-corrected chi connectivity index (χ0v) is 12.8. The highest BCUT2D eigenvalue weighted by atomic mass is 15.1. The summed E-state index contributed by atoms with van der Waals surface area (Å²) in [5.41, 5.74) is 1.58. The molecule has 1 rings (SSSR count). The Morgan fingerprint density at radius 2 is 1.94 bits per heavy atom. The smallest absolute Gasteiger partial charge is 0.0948 e. The van der Waals surface area contributed by atoms with Crippen LogP contribution in [0.15, 0.2) is 12.5 Å². The van der Waals surface area contributed by atoms with Crippen LogP contribution in [0.3, 0.4) is 0 Å². The summed E-state index contributed by atoms with van der Waals surface area (Å²) in [7, 11) is 0. The monoisotopic (exact) mass is 251 g/mol. The van der Waals surface area contributed by atoms with Gasteiger partial charge in [-0.1, -0.05) is 41.5 Å². The summed E-state index contributed by atoms with van der Waals surface area (Å²) in [5, 5.41) is 3.48. The van der Waals surface area contributed by atoms with Crippen molar-refractivity contribution in [1.82, 2.24) is 14.9 Å². The van der Waals surface area contributed by atoms with Gasteiger partial charge in [-0.15, -0.1) is 0 Å². The Balaban J connectivity index is 2.60. The molecule has 0 spiro atoms. The van der Waals surface area contributed by atoms with Gasteiger partial charge in [-0.3, -0.25) is 0 Å². The Morgan fingerprint density at radius 1 is 1.28 bits per heavy atom. The second-order valence-corrected chi connectivity index (χ2v) is 6.68. The zero-order valence-electron chi connectivity index (χ0n) is 12.8. The molecule has 1 heterocycles. The van der Waals surface area contributed by atoms with Crippen LogP contribution in [-0.4, -0.2) is 16.1 Å². The lowest BCUT2D eigenvalue weighted by molar-refractivity contribution is 0.207. The van der Waals surface area contributed by atoms with Crippen LogP contribution in [0.4, 0.5) is 0 Å². The van der Waals surface area contributed by atoms with Crippen LogP contribution in [0, 0.1) is 17.3 Å². The van der Waals surface area contributed by atoms with Crippen molar-refractivity contribution in [3.8, 4) is 0 Å². The Labute approximate surface area is 112 Å². The molecule has 0 fully saturated rings. The first-order chi connectivity index (χ1) is 8.33. The van der Waals surface area contributed by atoms with Crippen LogP contribution < -0.4 is 5.32 Å². The fourth-order valence-electron chi connectivity index (χ4n) is 1.75. The number of hydrogen-bond acceptors (Lipinski definition) is 2. The molecule has 1 N–H and O–H groups in total. The molecular formula is C15H29N3. The first-order valence-corrected chi connectivity index (χ1v) is 7.02. The van der Waals surface area contributed by atoms with Gasteiger partial charge >= 0.3 is 0 Å². The molecule has 0 radical (unpaired) electrons. The predicted octanol–water partition coefficient (Wildman–Crippen LogP) is 3.31. The highest BCUT2D eigenvalue weighted by molar-refractivity contribution is 4.99. The van der Waals surface area contributed by atoms with E-state index in [-0.39, 0.29) is 0 Å². The molecule has 0 saturated heterocycles. The minimum Gasteiger partial charge on any atom is -0.333 e. The van der Waals surface area contributed by atoms with Crippen molar-refractivity contribution in [2.24, 2.45) is 17.3 Å². The first kappa shape index (κ1) is 15.2. The van der Waals surface area contributed by atoms with Crippen LogP contribution >= 0.6 is 0 Å². The molecule has 0 saturated carbocycles. The van der Waals surface area contributed by atoms with Crippen molar-refractivity contribution < 1.29 is 0 Å². The van der Waals surface area contributed by atoms with E-state index in [4.69, 9.17) is 0 Å². The third-order valence-corrected chi connectivity index (χ3v) is 3.80. The average molecular weight is 251 g/mol. The molecule has 1 aromatic rings. The molecule has 0 bridgehead atoms. The molecular weight excluding hydrogens is 222 g/mol. The number of rotatable bonds is 7. The van der Waals surface area contributed by atoms with E-state index in [1.165, 1.54) is 5.69 Å². The van der Waals surface area contributed by atoms with E-state index in [1.807, 2.05) is 12.5 Å². The van der Waals surface area contributed by atoms with Crippen LogP contribution in [-0.2, 0) is 13.1 Å². The molecule has 0 aromatic carbocycles. The lowest BCUT2D eigenvalue weighted by Crippen LogP contribution is -2.27. The molecule has 0 amide bonds. The number of hydrogen-bond donors (Lipinski definition) is 1. The molecule has 0 aliphatic carbocycles. The van der Waals surface area contributed by atoms with E-state index in [1.54, 1.807) is 0 Å². The summed E-state index contributed by atoms with van der Waals surface area (Å²) in [6, 6.07) is 0. The standard InChI is InChI=1S/C15H29N3/c1-12(2)7-16-8-14-9-17-11-18(14)10-15(5,6)13(3)4/h9,11-13,16H,7-8,10H2,1-6H3. The van der Waals surface area contributed by atoms with Crippen molar-refractivity contribution in [2.45, 2.75) is 54.6 Å². The van der Waals surface area contributed by atoms with Gasteiger partial charge in [0.15, 0.2) is 0 Å². The van der Waals surface area contributed by atoms with Gasteiger partial charge in [-0.05, 0) is 23.8 Å². The van der Waals surface area contributed by atoms with Crippen LogP contribution in [0.5, 0.6) is 0 Å². The summed E-state index contributed by atoms with van der Waals surface area (Å²) < 4.78 is 2.29. The molecule has 0 aliphatic rings. The van der Waals surface area contributed by atoms with E-state index in [2.05, 4.69) is 56.4 Å². The normalized spacial score (nSPS) is 12.7. The molecule has 3 heteroatoms. The molecule has 1 aromatic heterocycles. The Kier molecular flexibility index (Phi) is 5.39. The van der Waals surface area contributed by atoms with Gasteiger partial charge in [-0.25, -0.2) is 4.98 Å². The van der Waals surface area contributed by atoms with Crippen LogP contribution in [0.1, 0.15) is 47.2 Å². The van der Waals surface area contributed by atoms with Crippen molar-refractivity contribution in [2.75, 3.05) is 6.54 Å². The van der Waals surface area contributed by atoms with Crippen molar-refractivity contribution in [1.29, 1.82) is 0 Å². The minimum absolute atomic E-state index is 0.299. The van der Waals surface area contributed by atoms with Crippen molar-refractivity contribution in [3.63, 3.8) is 0 Å². The number of aromatic nitrogens is 2. The summed E-state index contributed by atoms with van der Waals surface area (Å²) in [6.45, 7) is 16.7. The van der Waals surface area contributed by atoms with Gasteiger partial charge < -0.3 is 9.88 Å². The third-order valence-electron chi connectivity index (χ3n) is 3.80. The maximum atomic E-state index is 4.29. The second kappa shape index (κ2) is 6.37. The zero-order chi connectivity index (χ0) is 13.8. The van der Waals surface area contributed by atoms with Gasteiger partial charge in [-0.2, -0.15) is 0 Å². The van der Waals surface area contributed by atoms with E-state index in [0.29, 0.717) is 17.3 Å². The van der Waals surface area contributed by atoms with E-state index < -0.39 is 0 Å². The van der Waals surface area contributed by atoms with Crippen LogP contribution in [0.2, 0.25) is 0 Å². The third kappa shape index (κ3) is 4.45. The maximum Gasteiger partial charge on any atom is 0.0948 e. The Morgan fingerprint density at radius 3 is 2.50 bits per heavy atom. The molecule has 0 atom stereocenters. The second-order valence-electron chi connectivity index (χ2n) is 6.68. The number of imidazole rings is 1. The highest BCUT2D eigenvalue weighted by Gasteiger charge is 2.23. The van der Waals surface area contributed by atoms with E-state index >= 15 is 0 Å². The predicted molar refractivity (Wildman–Crippen MR) is 77.4 cm³/mol. The summed E-state index contributed by atoms with van der Waals surface area (Å²) in [5.74, 6) is 1.35. The maximum absolute atomic E-state index is 4.29. The fraction of sp³-hybridized carbons (Fsp3) is 0.800. The van der Waals surface area contributed by atoms with Gasteiger partial charge in [0.1, 0.15) is 0 Å². The molecule has 3 nitrogen and oxygen atoms in total. The fourth-order valence-corrected chi connectivity index (χ4v) is 1.75. The molecule has 0 unspecified atom stereocenters. The Bertz CT molecular complexity index is 350. The first-order valence-electron chi connectivity index (χ1n) is 7.02. The minimum atomic E-state index is 0.299. The van der Waals surface area contributed by atoms with Gasteiger partial charge in [0.2, 0.25) is 0 Å². The molecule has 18 heavy (non-hydrogen) atoms. The van der Waals surface area contributed by atoms with Gasteiger partial charge in [0, 0.05) is 19.3 Å². The largest absolute Gasteiger partial charge is 0.333 e. The SMILES string of the molecule is CC(C)CNCc1cncn1CC(C)(C)C(C)C. The lowest BCUT2D eigenvalue weighted by atomic mass is 9.81. The van der Waals surface area contributed by atoms with Gasteiger partial charge in [0.05, 0.1) is 12.0 Å². The summed E-state index contributed by atoms with van der Waals surface area (Å²) >= 11 is 0. The summed E-state index contributed by atoms with van der Waals surface area (Å²) in [6.07, 6.45) is 3.93.